The lowest BCUT2D eigenvalue weighted by atomic mass is 10.0. The van der Waals surface area contributed by atoms with Crippen LogP contribution in [0.3, 0.4) is 0 Å². The predicted molar refractivity (Wildman–Crippen MR) is 51.7 cm³/mol. The molecule has 0 amide bonds. The molecule has 0 aliphatic carbocycles. The van der Waals surface area contributed by atoms with Crippen molar-refractivity contribution in [3.05, 3.63) is 35.6 Å². The molecule has 82 valence electrons. The average molecular weight is 213 g/mol. The van der Waals surface area contributed by atoms with Gasteiger partial charge in [-0.15, -0.1) is 0 Å². The highest BCUT2D eigenvalue weighted by atomic mass is 19.1. The highest BCUT2D eigenvalue weighted by molar-refractivity contribution is 5.72. The van der Waals surface area contributed by atoms with Crippen molar-refractivity contribution in [3.8, 4) is 0 Å². The molecule has 0 aliphatic rings. The van der Waals surface area contributed by atoms with Crippen molar-refractivity contribution in [1.29, 1.82) is 0 Å². The van der Waals surface area contributed by atoms with Crippen molar-refractivity contribution in [2.45, 2.75) is 18.6 Å². The molecule has 0 aliphatic heterocycles. The van der Waals surface area contributed by atoms with Crippen LogP contribution in [0.5, 0.6) is 0 Å². The third-order valence-electron chi connectivity index (χ3n) is 2.04. The van der Waals surface area contributed by atoms with Gasteiger partial charge >= 0.3 is 5.97 Å². The number of hydrogen-bond donors (Lipinski definition) is 3. The minimum Gasteiger partial charge on any atom is -0.479 e. The number of carboxylic acid groups (broad SMARTS) is 1. The monoisotopic (exact) mass is 213 g/mol. The van der Waals surface area contributed by atoms with Crippen molar-refractivity contribution in [1.82, 2.24) is 0 Å². The van der Waals surface area contributed by atoms with Crippen LogP contribution in [0.1, 0.15) is 5.56 Å². The molecule has 0 heterocycles. The van der Waals surface area contributed by atoms with Crippen LogP contribution in [0.25, 0.3) is 0 Å². The van der Waals surface area contributed by atoms with E-state index in [0.29, 0.717) is 5.56 Å². The zero-order valence-corrected chi connectivity index (χ0v) is 7.93. The largest absolute Gasteiger partial charge is 0.479 e. The van der Waals surface area contributed by atoms with Gasteiger partial charge in [-0.25, -0.2) is 9.18 Å². The highest BCUT2D eigenvalue weighted by Gasteiger charge is 2.21. The quantitative estimate of drug-likeness (QED) is 0.664. The molecule has 0 saturated carbocycles. The number of aliphatic hydroxyl groups excluding tert-OH is 1. The number of carboxylic acids is 1. The van der Waals surface area contributed by atoms with E-state index in [0.717, 1.165) is 0 Å². The maximum atomic E-state index is 12.5. The molecule has 1 aromatic carbocycles. The van der Waals surface area contributed by atoms with Crippen LogP contribution in [0.4, 0.5) is 4.39 Å². The first kappa shape index (κ1) is 11.6. The summed E-state index contributed by atoms with van der Waals surface area (Å²) in [6.07, 6.45) is -1.41. The van der Waals surface area contributed by atoms with E-state index in [2.05, 4.69) is 0 Å². The first-order valence-corrected chi connectivity index (χ1v) is 4.41. The van der Waals surface area contributed by atoms with Gasteiger partial charge in [0.1, 0.15) is 5.82 Å². The number of benzene rings is 1. The Balaban J connectivity index is 2.62. The molecule has 0 aromatic heterocycles. The summed E-state index contributed by atoms with van der Waals surface area (Å²) in [5.74, 6) is -1.73. The van der Waals surface area contributed by atoms with Crippen LogP contribution in [0.2, 0.25) is 0 Å². The molecule has 0 saturated heterocycles. The molecule has 0 spiro atoms. The fraction of sp³-hybridized carbons (Fsp3) is 0.300. The Kier molecular flexibility index (Phi) is 3.76. The van der Waals surface area contributed by atoms with Crippen LogP contribution < -0.4 is 5.73 Å². The van der Waals surface area contributed by atoms with E-state index >= 15 is 0 Å². The molecule has 0 radical (unpaired) electrons. The maximum Gasteiger partial charge on any atom is 0.334 e. The minimum absolute atomic E-state index is 0.188. The number of aliphatic hydroxyl groups is 1. The normalized spacial score (nSPS) is 14.6. The van der Waals surface area contributed by atoms with E-state index in [1.807, 2.05) is 0 Å². The highest BCUT2D eigenvalue weighted by Crippen LogP contribution is 2.06. The van der Waals surface area contributed by atoms with Crippen molar-refractivity contribution < 1.29 is 19.4 Å². The average Bonchev–Trinajstić information content (AvgIpc) is 2.20. The zero-order chi connectivity index (χ0) is 11.4. The summed E-state index contributed by atoms with van der Waals surface area (Å²) in [5, 5.41) is 17.6. The topological polar surface area (TPSA) is 83.5 Å². The van der Waals surface area contributed by atoms with E-state index in [4.69, 9.17) is 15.9 Å². The zero-order valence-electron chi connectivity index (χ0n) is 7.93. The molecule has 1 rings (SSSR count). The molecular formula is C10H12FNO3. The second-order valence-electron chi connectivity index (χ2n) is 3.28. The van der Waals surface area contributed by atoms with Crippen molar-refractivity contribution in [3.63, 3.8) is 0 Å². The van der Waals surface area contributed by atoms with Gasteiger partial charge in [0.25, 0.3) is 0 Å². The van der Waals surface area contributed by atoms with E-state index in [1.54, 1.807) is 0 Å². The van der Waals surface area contributed by atoms with Crippen LogP contribution in [0.15, 0.2) is 24.3 Å². The summed E-state index contributed by atoms with van der Waals surface area (Å²) in [4.78, 5) is 10.4. The van der Waals surface area contributed by atoms with E-state index in [-0.39, 0.29) is 12.2 Å². The van der Waals surface area contributed by atoms with Crippen LogP contribution in [-0.4, -0.2) is 28.3 Å². The minimum atomic E-state index is -1.60. The number of hydrogen-bond acceptors (Lipinski definition) is 3. The number of aliphatic carboxylic acids is 1. The molecule has 5 heteroatoms. The number of nitrogens with two attached hydrogens (primary N) is 1. The molecule has 4 nitrogen and oxygen atoms in total. The molecule has 4 N–H and O–H groups in total. The lowest BCUT2D eigenvalue weighted by Crippen LogP contribution is -2.41. The van der Waals surface area contributed by atoms with Gasteiger partial charge < -0.3 is 15.9 Å². The lowest BCUT2D eigenvalue weighted by molar-refractivity contribution is -0.147. The molecule has 0 fully saturated rings. The first-order valence-electron chi connectivity index (χ1n) is 4.41. The van der Waals surface area contributed by atoms with Crippen LogP contribution in [-0.2, 0) is 11.2 Å². The second kappa shape index (κ2) is 4.86. The van der Waals surface area contributed by atoms with E-state index < -0.39 is 18.1 Å². The third-order valence-corrected chi connectivity index (χ3v) is 2.04. The van der Waals surface area contributed by atoms with Gasteiger partial charge in [-0.05, 0) is 24.1 Å². The predicted octanol–water partition coefficient (Wildman–Crippen LogP) is 0.141. The van der Waals surface area contributed by atoms with Crippen LogP contribution in [0, 0.1) is 5.82 Å². The number of rotatable bonds is 4. The van der Waals surface area contributed by atoms with Gasteiger partial charge in [0.15, 0.2) is 6.10 Å². The number of halogens is 1. The van der Waals surface area contributed by atoms with E-state index in [1.165, 1.54) is 24.3 Å². The molecule has 1 unspecified atom stereocenters. The summed E-state index contributed by atoms with van der Waals surface area (Å²) in [7, 11) is 0. The summed E-state index contributed by atoms with van der Waals surface area (Å²) < 4.78 is 12.5. The molecule has 1 aromatic rings. The Labute approximate surface area is 86.1 Å². The van der Waals surface area contributed by atoms with Gasteiger partial charge in [0, 0.05) is 6.04 Å². The number of carbonyl (C=O) groups is 1. The van der Waals surface area contributed by atoms with Crippen molar-refractivity contribution in [2.24, 2.45) is 5.73 Å². The van der Waals surface area contributed by atoms with Crippen molar-refractivity contribution in [2.75, 3.05) is 0 Å². The molecule has 0 bridgehead atoms. The maximum absolute atomic E-state index is 12.5. The summed E-state index contributed by atoms with van der Waals surface area (Å²) >= 11 is 0. The molecule has 2 atom stereocenters. The fourth-order valence-corrected chi connectivity index (χ4v) is 1.19. The first-order chi connectivity index (χ1) is 7.00. The van der Waals surface area contributed by atoms with Crippen LogP contribution >= 0.6 is 0 Å². The summed E-state index contributed by atoms with van der Waals surface area (Å²) in [6.45, 7) is 0. The Morgan fingerprint density at radius 3 is 2.40 bits per heavy atom. The Morgan fingerprint density at radius 2 is 1.93 bits per heavy atom. The van der Waals surface area contributed by atoms with Crippen molar-refractivity contribution >= 4 is 5.97 Å². The fourth-order valence-electron chi connectivity index (χ4n) is 1.19. The van der Waals surface area contributed by atoms with Gasteiger partial charge in [0.05, 0.1) is 0 Å². The third kappa shape index (κ3) is 3.30. The Morgan fingerprint density at radius 1 is 1.40 bits per heavy atom. The molecular weight excluding hydrogens is 201 g/mol. The lowest BCUT2D eigenvalue weighted by Gasteiger charge is -2.14. The van der Waals surface area contributed by atoms with Gasteiger partial charge in [-0.2, -0.15) is 0 Å². The van der Waals surface area contributed by atoms with Gasteiger partial charge in [-0.3, -0.25) is 0 Å². The standard InChI is InChI=1S/C10H12FNO3/c11-7-3-1-6(2-4-7)5-8(12)9(13)10(14)15/h1-4,8-9,13H,5,12H2,(H,14,15)/t8-,9?/m1/s1. The Hall–Kier alpha value is -1.46. The second-order valence-corrected chi connectivity index (χ2v) is 3.28. The Bertz CT molecular complexity index is 339. The summed E-state index contributed by atoms with van der Waals surface area (Å²) in [5.41, 5.74) is 6.15. The van der Waals surface area contributed by atoms with Gasteiger partial charge in [0.2, 0.25) is 0 Å². The molecule has 15 heavy (non-hydrogen) atoms. The smallest absolute Gasteiger partial charge is 0.334 e. The summed E-state index contributed by atoms with van der Waals surface area (Å²) in [6, 6.07) is 4.63. The SMILES string of the molecule is N[C@H](Cc1ccc(F)cc1)C(O)C(=O)O. The van der Waals surface area contributed by atoms with E-state index in [9.17, 15) is 9.18 Å². The van der Waals surface area contributed by atoms with Gasteiger partial charge in [-0.1, -0.05) is 12.1 Å².